The number of carboxylic acid groups (broad SMARTS) is 1. The Hall–Kier alpha value is -0.159. The predicted octanol–water partition coefficient (Wildman–Crippen LogP) is 1.35. The zero-order chi connectivity index (χ0) is 17.5. The Morgan fingerprint density at radius 2 is 1.52 bits per heavy atom. The third kappa shape index (κ3) is 9.46. The van der Waals surface area contributed by atoms with Crippen molar-refractivity contribution in [1.82, 2.24) is 4.90 Å². The highest BCUT2D eigenvalue weighted by Crippen LogP contribution is 2.36. The van der Waals surface area contributed by atoms with Crippen molar-refractivity contribution < 1.29 is 18.4 Å². The van der Waals surface area contributed by atoms with E-state index in [0.717, 1.165) is 21.0 Å². The topological polar surface area (TPSA) is 59.0 Å². The molecule has 0 atom stereocenters. The van der Waals surface area contributed by atoms with Crippen LogP contribution in [0.2, 0.25) is 18.1 Å². The molecule has 0 heterocycles. The Morgan fingerprint density at radius 1 is 1.14 bits per heavy atom. The van der Waals surface area contributed by atoms with Crippen LogP contribution in [-0.2, 0) is 8.54 Å². The fourth-order valence-corrected chi connectivity index (χ4v) is 2.36. The van der Waals surface area contributed by atoms with Gasteiger partial charge in [-0.2, -0.15) is 0 Å². The minimum atomic E-state index is -1.79. The molecule has 0 aliphatic rings. The van der Waals surface area contributed by atoms with E-state index in [9.17, 15) is 9.90 Å². The lowest BCUT2D eigenvalue weighted by molar-refractivity contribution is 0.0873. The zero-order valence-corrected chi connectivity index (χ0v) is 20.5. The van der Waals surface area contributed by atoms with E-state index in [2.05, 4.69) is 38.0 Å². The molecule has 8 heteroatoms. The van der Waals surface area contributed by atoms with Gasteiger partial charge in [-0.25, -0.2) is 4.79 Å². The monoisotopic (exact) mass is 353 g/mol. The van der Waals surface area contributed by atoms with Crippen LogP contribution in [0.25, 0.3) is 0 Å². The number of hydrogen-bond donors (Lipinski definition) is 1. The first-order valence-corrected chi connectivity index (χ1v) is 11.8. The molecule has 0 bridgehead atoms. The first-order valence-electron chi connectivity index (χ1n) is 7.25. The summed E-state index contributed by atoms with van der Waals surface area (Å²) < 4.78 is 10.5. The van der Waals surface area contributed by atoms with Gasteiger partial charge in [0.15, 0.2) is 8.32 Å². The van der Waals surface area contributed by atoms with Gasteiger partial charge in [0.25, 0.3) is 0 Å². The standard InChI is InChI=1S/C13H29NO3Si.H6OSi2/c1-12(2,3)14(11(15)16)9-10-17-18(7,8)13(4,5)6;2-1-3/h9-10H2,1-8H3,(H,15,16);2-3H3. The maximum absolute atomic E-state index is 11.2. The van der Waals surface area contributed by atoms with E-state index >= 15 is 0 Å². The second kappa shape index (κ2) is 9.09. The van der Waals surface area contributed by atoms with Crippen molar-refractivity contribution in [2.45, 2.75) is 65.2 Å². The van der Waals surface area contributed by atoms with Gasteiger partial charge in [0, 0.05) is 12.1 Å². The van der Waals surface area contributed by atoms with E-state index in [0.29, 0.717) is 13.2 Å². The number of hydrogen-bond acceptors (Lipinski definition) is 3. The van der Waals surface area contributed by atoms with Crippen LogP contribution in [0, 0.1) is 0 Å². The summed E-state index contributed by atoms with van der Waals surface area (Å²) in [5.41, 5.74) is -0.386. The lowest BCUT2D eigenvalue weighted by Gasteiger charge is -2.38. The Morgan fingerprint density at radius 3 is 1.76 bits per heavy atom. The molecule has 0 aliphatic carbocycles. The molecule has 0 aromatic heterocycles. The molecule has 0 fully saturated rings. The molecule has 0 aliphatic heterocycles. The van der Waals surface area contributed by atoms with Gasteiger partial charge < -0.3 is 18.5 Å². The molecule has 1 N–H and O–H groups in total. The normalized spacial score (nSPS) is 12.8. The summed E-state index contributed by atoms with van der Waals surface area (Å²) >= 11 is 0. The fraction of sp³-hybridized carbons (Fsp3) is 0.923. The summed E-state index contributed by atoms with van der Waals surface area (Å²) in [6.45, 7) is 17.5. The van der Waals surface area contributed by atoms with Crippen molar-refractivity contribution >= 4 is 35.4 Å². The molecule has 0 unspecified atom stereocenters. The summed E-state index contributed by atoms with van der Waals surface area (Å²) in [7, 11) is 0.0759. The fourth-order valence-electron chi connectivity index (χ4n) is 1.33. The van der Waals surface area contributed by atoms with Crippen molar-refractivity contribution in [2.24, 2.45) is 0 Å². The highest BCUT2D eigenvalue weighted by molar-refractivity contribution is 6.74. The molecule has 0 saturated carbocycles. The molecule has 0 rings (SSSR count). The lowest BCUT2D eigenvalue weighted by atomic mass is 10.1. The van der Waals surface area contributed by atoms with Crippen molar-refractivity contribution in [3.05, 3.63) is 0 Å². The second-order valence-corrected chi connectivity index (χ2v) is 15.7. The molecular weight excluding hydrogens is 318 g/mol. The molecule has 0 radical (unpaired) electrons. The lowest BCUT2D eigenvalue weighted by Crippen LogP contribution is -2.48. The largest absolute Gasteiger partial charge is 0.471 e. The van der Waals surface area contributed by atoms with Gasteiger partial charge in [0.05, 0.1) is 6.61 Å². The van der Waals surface area contributed by atoms with Gasteiger partial charge in [0.2, 0.25) is 0 Å². The Labute approximate surface area is 137 Å². The SMILES string of the molecule is CC(C)(C)N(CCO[Si](C)(C)C(C)(C)C)C(=O)O.[SiH3]O[SiH3]. The van der Waals surface area contributed by atoms with Crippen molar-refractivity contribution in [2.75, 3.05) is 13.2 Å². The number of carbonyl (C=O) groups is 1. The zero-order valence-electron chi connectivity index (χ0n) is 15.5. The summed E-state index contributed by atoms with van der Waals surface area (Å²) in [6, 6.07) is 0. The predicted molar refractivity (Wildman–Crippen MR) is 98.6 cm³/mol. The average Bonchev–Trinajstić information content (AvgIpc) is 2.21. The van der Waals surface area contributed by atoms with Crippen LogP contribution >= 0.6 is 0 Å². The Kier molecular flexibility index (Phi) is 10.0. The number of amides is 1. The molecule has 0 aromatic rings. The number of rotatable bonds is 4. The summed E-state index contributed by atoms with van der Waals surface area (Å²) in [5.74, 6) is 0. The third-order valence-electron chi connectivity index (χ3n) is 3.62. The molecule has 5 nitrogen and oxygen atoms in total. The van der Waals surface area contributed by atoms with Gasteiger partial charge in [-0.1, -0.05) is 20.8 Å². The van der Waals surface area contributed by atoms with Gasteiger partial charge in [-0.05, 0) is 38.9 Å². The minimum Gasteiger partial charge on any atom is -0.471 e. The van der Waals surface area contributed by atoms with Gasteiger partial charge >= 0.3 is 6.09 Å². The average molecular weight is 354 g/mol. The van der Waals surface area contributed by atoms with Crippen LogP contribution in [0.1, 0.15) is 41.5 Å². The highest BCUT2D eigenvalue weighted by Gasteiger charge is 2.37. The van der Waals surface area contributed by atoms with Crippen LogP contribution in [0.15, 0.2) is 0 Å². The van der Waals surface area contributed by atoms with E-state index < -0.39 is 14.4 Å². The van der Waals surface area contributed by atoms with Crippen LogP contribution in [0.4, 0.5) is 4.79 Å². The maximum atomic E-state index is 11.2. The van der Waals surface area contributed by atoms with Crippen LogP contribution in [-0.4, -0.2) is 64.1 Å². The van der Waals surface area contributed by atoms with Crippen LogP contribution < -0.4 is 0 Å². The molecule has 0 spiro atoms. The first kappa shape index (κ1) is 23.1. The van der Waals surface area contributed by atoms with Crippen LogP contribution in [0.5, 0.6) is 0 Å². The van der Waals surface area contributed by atoms with Gasteiger partial charge in [0.1, 0.15) is 21.0 Å². The molecular formula is C13H35NO4Si3. The highest BCUT2D eigenvalue weighted by atomic mass is 28.4. The minimum absolute atomic E-state index is 0.156. The molecule has 128 valence electrons. The van der Waals surface area contributed by atoms with E-state index in [1.807, 2.05) is 20.8 Å². The summed E-state index contributed by atoms with van der Waals surface area (Å²) in [4.78, 5) is 12.6. The van der Waals surface area contributed by atoms with E-state index in [4.69, 9.17) is 4.43 Å². The third-order valence-corrected chi connectivity index (χ3v) is 8.16. The van der Waals surface area contributed by atoms with E-state index in [1.165, 1.54) is 4.90 Å². The second-order valence-electron chi connectivity index (χ2n) is 7.62. The Bertz CT molecular complexity index is 312. The van der Waals surface area contributed by atoms with Gasteiger partial charge in [-0.3, -0.25) is 0 Å². The van der Waals surface area contributed by atoms with Gasteiger partial charge in [-0.15, -0.1) is 0 Å². The first-order chi connectivity index (χ1) is 9.20. The van der Waals surface area contributed by atoms with Crippen molar-refractivity contribution in [3.63, 3.8) is 0 Å². The van der Waals surface area contributed by atoms with E-state index in [1.54, 1.807) is 0 Å². The molecule has 0 saturated heterocycles. The molecule has 0 aromatic carbocycles. The summed E-state index contributed by atoms with van der Waals surface area (Å²) in [5, 5.41) is 9.34. The summed E-state index contributed by atoms with van der Waals surface area (Å²) in [6.07, 6.45) is -0.888. The van der Waals surface area contributed by atoms with Crippen molar-refractivity contribution in [3.8, 4) is 0 Å². The maximum Gasteiger partial charge on any atom is 0.407 e. The smallest absolute Gasteiger partial charge is 0.407 e. The molecule has 1 amide bonds. The van der Waals surface area contributed by atoms with Crippen molar-refractivity contribution in [1.29, 1.82) is 0 Å². The molecule has 21 heavy (non-hydrogen) atoms. The van der Waals surface area contributed by atoms with Crippen LogP contribution in [0.3, 0.4) is 0 Å². The quantitative estimate of drug-likeness (QED) is 0.775. The number of nitrogens with zero attached hydrogens (tertiary/aromatic N) is 1. The van der Waals surface area contributed by atoms with E-state index in [-0.39, 0.29) is 10.6 Å². The Balaban J connectivity index is 0.